The van der Waals surface area contributed by atoms with Crippen molar-refractivity contribution in [2.24, 2.45) is 11.8 Å². The van der Waals surface area contributed by atoms with Crippen LogP contribution in [0, 0.1) is 25.7 Å². The average molecular weight is 215 g/mol. The lowest BCUT2D eigenvalue weighted by atomic mass is 9.86. The summed E-state index contributed by atoms with van der Waals surface area (Å²) in [5, 5.41) is 4.04. The molecule has 1 saturated carbocycles. The Balaban J connectivity index is 1.90. The summed E-state index contributed by atoms with van der Waals surface area (Å²) in [6.45, 7) is 4.03. The molecule has 0 amide bonds. The van der Waals surface area contributed by atoms with E-state index >= 15 is 0 Å². The van der Waals surface area contributed by atoms with E-state index in [4.69, 9.17) is 4.52 Å². The summed E-state index contributed by atoms with van der Waals surface area (Å²) < 4.78 is 5.24. The Morgan fingerprint density at radius 1 is 1.31 bits per heavy atom. The van der Waals surface area contributed by atoms with Crippen LogP contribution in [0.15, 0.2) is 22.8 Å². The monoisotopic (exact) mass is 215 g/mol. The smallest absolute Gasteiger partial charge is 0.141 e. The minimum atomic E-state index is 0.744. The van der Waals surface area contributed by atoms with Gasteiger partial charge in [-0.15, -0.1) is 0 Å². The molecule has 16 heavy (non-hydrogen) atoms. The van der Waals surface area contributed by atoms with E-state index in [1.807, 2.05) is 13.8 Å². The minimum absolute atomic E-state index is 0.744. The van der Waals surface area contributed by atoms with E-state index in [0.29, 0.717) is 0 Å². The van der Waals surface area contributed by atoms with Crippen LogP contribution in [0.1, 0.15) is 36.3 Å². The van der Waals surface area contributed by atoms with Crippen molar-refractivity contribution < 1.29 is 4.52 Å². The maximum atomic E-state index is 5.24. The predicted octanol–water partition coefficient (Wildman–Crippen LogP) is 3.66. The standard InChI is InChI=1S/C14H17NO/c1-9-14(10(2)16-15-9)13-5-3-4-12(8-13)11-6-7-11/h3-5,11-12H,6-8H2,1-2H3. The fourth-order valence-electron chi connectivity index (χ4n) is 2.68. The van der Waals surface area contributed by atoms with Crippen molar-refractivity contribution >= 4 is 5.57 Å². The van der Waals surface area contributed by atoms with Gasteiger partial charge in [0.15, 0.2) is 0 Å². The van der Waals surface area contributed by atoms with Gasteiger partial charge in [0.2, 0.25) is 0 Å². The van der Waals surface area contributed by atoms with Crippen LogP contribution in [-0.2, 0) is 0 Å². The maximum absolute atomic E-state index is 5.24. The van der Waals surface area contributed by atoms with Crippen LogP contribution in [0.2, 0.25) is 0 Å². The number of nitrogens with zero attached hydrogens (tertiary/aromatic N) is 1. The maximum Gasteiger partial charge on any atom is 0.141 e. The molecule has 1 heterocycles. The summed E-state index contributed by atoms with van der Waals surface area (Å²) in [7, 11) is 0. The summed E-state index contributed by atoms with van der Waals surface area (Å²) in [6.07, 6.45) is 10.7. The normalized spacial score (nSPS) is 24.6. The van der Waals surface area contributed by atoms with Gasteiger partial charge in [-0.3, -0.25) is 0 Å². The highest BCUT2D eigenvalue weighted by Crippen LogP contribution is 2.44. The highest BCUT2D eigenvalue weighted by Gasteiger charge is 2.31. The Kier molecular flexibility index (Phi) is 2.23. The first-order chi connectivity index (χ1) is 7.75. The Morgan fingerprint density at radius 2 is 2.12 bits per heavy atom. The van der Waals surface area contributed by atoms with Crippen molar-refractivity contribution in [3.8, 4) is 0 Å². The van der Waals surface area contributed by atoms with Crippen LogP contribution < -0.4 is 0 Å². The molecular weight excluding hydrogens is 198 g/mol. The molecule has 1 fully saturated rings. The number of allylic oxidation sites excluding steroid dienone is 4. The summed E-state index contributed by atoms with van der Waals surface area (Å²) in [5.41, 5.74) is 3.65. The Hall–Kier alpha value is -1.31. The van der Waals surface area contributed by atoms with Crippen LogP contribution in [0.3, 0.4) is 0 Å². The first-order valence-electron chi connectivity index (χ1n) is 6.06. The highest BCUT2D eigenvalue weighted by atomic mass is 16.5. The third kappa shape index (κ3) is 1.62. The third-order valence-electron chi connectivity index (χ3n) is 3.69. The first kappa shape index (κ1) is 9.88. The molecule has 0 spiro atoms. The van der Waals surface area contributed by atoms with Crippen LogP contribution in [0.5, 0.6) is 0 Å². The van der Waals surface area contributed by atoms with E-state index in [1.54, 1.807) is 0 Å². The van der Waals surface area contributed by atoms with E-state index < -0.39 is 0 Å². The Morgan fingerprint density at radius 3 is 2.75 bits per heavy atom. The highest BCUT2D eigenvalue weighted by molar-refractivity contribution is 5.71. The van der Waals surface area contributed by atoms with Crippen molar-refractivity contribution in [3.63, 3.8) is 0 Å². The number of aromatic nitrogens is 1. The number of hydrogen-bond donors (Lipinski definition) is 0. The molecule has 1 aromatic rings. The van der Waals surface area contributed by atoms with Gasteiger partial charge in [-0.1, -0.05) is 23.4 Å². The molecule has 1 aromatic heterocycles. The lowest BCUT2D eigenvalue weighted by Gasteiger charge is -2.17. The Bertz CT molecular complexity index is 444. The summed E-state index contributed by atoms with van der Waals surface area (Å²) in [6, 6.07) is 0. The van der Waals surface area contributed by atoms with E-state index in [0.717, 1.165) is 29.7 Å². The van der Waals surface area contributed by atoms with Crippen molar-refractivity contribution in [1.82, 2.24) is 5.16 Å². The van der Waals surface area contributed by atoms with Gasteiger partial charge in [0.05, 0.1) is 5.69 Å². The lowest BCUT2D eigenvalue weighted by Crippen LogP contribution is -2.04. The number of rotatable bonds is 2. The van der Waals surface area contributed by atoms with Gasteiger partial charge in [0.1, 0.15) is 5.76 Å². The molecule has 1 unspecified atom stereocenters. The summed E-state index contributed by atoms with van der Waals surface area (Å²) in [4.78, 5) is 0. The fraction of sp³-hybridized carbons (Fsp3) is 0.500. The zero-order valence-corrected chi connectivity index (χ0v) is 9.86. The molecule has 1 atom stereocenters. The molecule has 0 saturated heterocycles. The number of hydrogen-bond acceptors (Lipinski definition) is 2. The zero-order valence-electron chi connectivity index (χ0n) is 9.86. The van der Waals surface area contributed by atoms with E-state index in [1.165, 1.54) is 24.0 Å². The molecule has 0 aliphatic heterocycles. The van der Waals surface area contributed by atoms with Crippen LogP contribution in [-0.4, -0.2) is 5.16 Å². The SMILES string of the molecule is Cc1noc(C)c1C1=CC=CC(C2CC2)C1. The molecule has 2 nitrogen and oxygen atoms in total. The Labute approximate surface area is 96.0 Å². The van der Waals surface area contributed by atoms with E-state index in [-0.39, 0.29) is 0 Å². The quantitative estimate of drug-likeness (QED) is 0.752. The topological polar surface area (TPSA) is 26.0 Å². The molecule has 84 valence electrons. The second-order valence-corrected chi connectivity index (χ2v) is 4.98. The van der Waals surface area contributed by atoms with Crippen molar-refractivity contribution in [2.75, 3.05) is 0 Å². The summed E-state index contributed by atoms with van der Waals surface area (Å²) in [5.74, 6) is 2.63. The largest absolute Gasteiger partial charge is 0.361 e. The van der Waals surface area contributed by atoms with Gasteiger partial charge in [-0.2, -0.15) is 0 Å². The predicted molar refractivity (Wildman–Crippen MR) is 63.9 cm³/mol. The first-order valence-corrected chi connectivity index (χ1v) is 6.06. The van der Waals surface area contributed by atoms with E-state index in [9.17, 15) is 0 Å². The van der Waals surface area contributed by atoms with Crippen molar-refractivity contribution in [3.05, 3.63) is 35.2 Å². The molecule has 0 N–H and O–H groups in total. The third-order valence-corrected chi connectivity index (χ3v) is 3.69. The molecule has 0 bridgehead atoms. The van der Waals surface area contributed by atoms with Gasteiger partial charge in [0.25, 0.3) is 0 Å². The van der Waals surface area contributed by atoms with Gasteiger partial charge in [0, 0.05) is 5.56 Å². The van der Waals surface area contributed by atoms with Gasteiger partial charge < -0.3 is 4.52 Å². The lowest BCUT2D eigenvalue weighted by molar-refractivity contribution is 0.393. The average Bonchev–Trinajstić information content (AvgIpc) is 3.07. The summed E-state index contributed by atoms with van der Waals surface area (Å²) >= 11 is 0. The molecular formula is C14H17NO. The molecule has 2 aliphatic carbocycles. The van der Waals surface area contributed by atoms with Crippen molar-refractivity contribution in [2.45, 2.75) is 33.1 Å². The van der Waals surface area contributed by atoms with Crippen molar-refractivity contribution in [1.29, 1.82) is 0 Å². The second kappa shape index (κ2) is 3.62. The molecule has 0 aromatic carbocycles. The second-order valence-electron chi connectivity index (χ2n) is 4.98. The minimum Gasteiger partial charge on any atom is -0.361 e. The molecule has 3 rings (SSSR count). The molecule has 2 heteroatoms. The fourth-order valence-corrected chi connectivity index (χ4v) is 2.68. The molecule has 0 radical (unpaired) electrons. The molecule has 2 aliphatic rings. The van der Waals surface area contributed by atoms with Crippen LogP contribution in [0.4, 0.5) is 0 Å². The van der Waals surface area contributed by atoms with Crippen LogP contribution in [0.25, 0.3) is 5.57 Å². The van der Waals surface area contributed by atoms with Gasteiger partial charge in [-0.05, 0) is 50.5 Å². The van der Waals surface area contributed by atoms with Crippen LogP contribution >= 0.6 is 0 Å². The zero-order chi connectivity index (χ0) is 11.1. The van der Waals surface area contributed by atoms with Gasteiger partial charge in [-0.25, -0.2) is 0 Å². The number of aryl methyl sites for hydroxylation is 2. The van der Waals surface area contributed by atoms with E-state index in [2.05, 4.69) is 23.4 Å². The van der Waals surface area contributed by atoms with Gasteiger partial charge >= 0.3 is 0 Å².